The van der Waals surface area contributed by atoms with Crippen LogP contribution < -0.4 is 5.32 Å². The highest BCUT2D eigenvalue weighted by Crippen LogP contribution is 2.22. The highest BCUT2D eigenvalue weighted by atomic mass is 32.2. The number of hydrogen-bond acceptors (Lipinski definition) is 5. The van der Waals surface area contributed by atoms with E-state index in [1.165, 1.54) is 16.4 Å². The zero-order valence-electron chi connectivity index (χ0n) is 14.4. The van der Waals surface area contributed by atoms with Gasteiger partial charge in [-0.15, -0.1) is 0 Å². The summed E-state index contributed by atoms with van der Waals surface area (Å²) in [6.45, 7) is 1.22. The van der Waals surface area contributed by atoms with Crippen molar-refractivity contribution < 1.29 is 22.4 Å². The number of nitrogens with zero attached hydrogens (tertiary/aromatic N) is 1. The van der Waals surface area contributed by atoms with E-state index < -0.39 is 15.9 Å². The molecule has 8 heteroatoms. The van der Waals surface area contributed by atoms with Crippen LogP contribution in [0.2, 0.25) is 0 Å². The van der Waals surface area contributed by atoms with Crippen LogP contribution in [0.5, 0.6) is 0 Å². The van der Waals surface area contributed by atoms with E-state index in [1.807, 2.05) is 36.4 Å². The van der Waals surface area contributed by atoms with Crippen LogP contribution in [-0.2, 0) is 14.8 Å². The zero-order chi connectivity index (χ0) is 18.9. The molecule has 0 saturated carbocycles. The topological polar surface area (TPSA) is 88.9 Å². The van der Waals surface area contributed by atoms with Crippen LogP contribution in [0.4, 0.5) is 5.69 Å². The van der Waals surface area contributed by atoms with Crippen molar-refractivity contribution in [3.8, 4) is 0 Å². The van der Waals surface area contributed by atoms with Gasteiger partial charge in [-0.05, 0) is 35.0 Å². The minimum atomic E-state index is -3.77. The summed E-state index contributed by atoms with van der Waals surface area (Å²) in [5, 5.41) is 4.54. The third kappa shape index (κ3) is 3.59. The molecule has 0 radical (unpaired) electrons. The van der Waals surface area contributed by atoms with Gasteiger partial charge in [-0.3, -0.25) is 4.79 Å². The van der Waals surface area contributed by atoms with E-state index in [-0.39, 0.29) is 23.9 Å². The number of fused-ring (bicyclic) bond motifs is 1. The second kappa shape index (κ2) is 7.15. The lowest BCUT2D eigenvalue weighted by atomic mass is 10.1. The molecule has 0 bridgehead atoms. The van der Waals surface area contributed by atoms with Gasteiger partial charge in [0.1, 0.15) is 0 Å². The number of anilines is 1. The normalized spacial score (nSPS) is 15.7. The van der Waals surface area contributed by atoms with Crippen molar-refractivity contribution in [3.63, 3.8) is 0 Å². The molecule has 7 nitrogen and oxygen atoms in total. The number of benzene rings is 2. The Hall–Kier alpha value is -2.68. The van der Waals surface area contributed by atoms with Gasteiger partial charge in [-0.1, -0.05) is 30.3 Å². The average Bonchev–Trinajstić information content (AvgIpc) is 3.20. The maximum atomic E-state index is 12.6. The van der Waals surface area contributed by atoms with Crippen LogP contribution in [0.15, 0.2) is 64.1 Å². The molecule has 27 heavy (non-hydrogen) atoms. The fourth-order valence-electron chi connectivity index (χ4n) is 2.95. The summed E-state index contributed by atoms with van der Waals surface area (Å²) in [5.74, 6) is -0.566. The zero-order valence-corrected chi connectivity index (χ0v) is 15.2. The van der Waals surface area contributed by atoms with Crippen LogP contribution in [0.3, 0.4) is 0 Å². The smallest absolute Gasteiger partial charge is 0.291 e. The van der Waals surface area contributed by atoms with Gasteiger partial charge in [-0.25, -0.2) is 8.42 Å². The first-order valence-corrected chi connectivity index (χ1v) is 9.96. The molecule has 1 amide bonds. The first kappa shape index (κ1) is 17.7. The lowest BCUT2D eigenvalue weighted by Crippen LogP contribution is -2.40. The quantitative estimate of drug-likeness (QED) is 0.745. The SMILES string of the molecule is O=C(Nc1ccc2ccccc2c1)c1ccc(S(=O)(=O)N2CCOCC2)o1. The molecule has 1 N–H and O–H groups in total. The van der Waals surface area contributed by atoms with Gasteiger partial charge in [0.25, 0.3) is 15.9 Å². The van der Waals surface area contributed by atoms with Gasteiger partial charge in [0.15, 0.2) is 5.76 Å². The Morgan fingerprint density at radius 2 is 1.70 bits per heavy atom. The Morgan fingerprint density at radius 3 is 2.48 bits per heavy atom. The minimum absolute atomic E-state index is 0.0602. The lowest BCUT2D eigenvalue weighted by Gasteiger charge is -2.24. The van der Waals surface area contributed by atoms with E-state index in [1.54, 1.807) is 6.07 Å². The number of furan rings is 1. The summed E-state index contributed by atoms with van der Waals surface area (Å²) in [6.07, 6.45) is 0. The van der Waals surface area contributed by atoms with Crippen molar-refractivity contribution in [2.75, 3.05) is 31.6 Å². The largest absolute Gasteiger partial charge is 0.438 e. The third-order valence-electron chi connectivity index (χ3n) is 4.38. The van der Waals surface area contributed by atoms with Gasteiger partial charge < -0.3 is 14.5 Å². The lowest BCUT2D eigenvalue weighted by molar-refractivity contribution is 0.0723. The number of rotatable bonds is 4. The number of ether oxygens (including phenoxy) is 1. The van der Waals surface area contributed by atoms with Crippen molar-refractivity contribution in [2.45, 2.75) is 5.09 Å². The van der Waals surface area contributed by atoms with Gasteiger partial charge in [0.05, 0.1) is 13.2 Å². The number of amides is 1. The maximum Gasteiger partial charge on any atom is 0.291 e. The van der Waals surface area contributed by atoms with E-state index in [2.05, 4.69) is 5.32 Å². The first-order valence-electron chi connectivity index (χ1n) is 8.52. The Morgan fingerprint density at radius 1 is 0.963 bits per heavy atom. The summed E-state index contributed by atoms with van der Waals surface area (Å²) in [5.41, 5.74) is 0.604. The molecule has 3 aromatic rings. The van der Waals surface area contributed by atoms with Crippen molar-refractivity contribution in [1.29, 1.82) is 0 Å². The Kier molecular flexibility index (Phi) is 4.69. The Labute approximate surface area is 156 Å². The van der Waals surface area contributed by atoms with Crippen LogP contribution in [0.1, 0.15) is 10.6 Å². The molecular formula is C19H18N2O5S. The molecular weight excluding hydrogens is 368 g/mol. The molecule has 2 heterocycles. The average molecular weight is 386 g/mol. The molecule has 0 atom stereocenters. The Bertz CT molecular complexity index is 1080. The highest BCUT2D eigenvalue weighted by molar-refractivity contribution is 7.89. The summed E-state index contributed by atoms with van der Waals surface area (Å²) < 4.78 is 36.9. The molecule has 1 saturated heterocycles. The maximum absolute atomic E-state index is 12.6. The van der Waals surface area contributed by atoms with Gasteiger partial charge in [0, 0.05) is 18.8 Å². The fourth-order valence-corrected chi connectivity index (χ4v) is 4.27. The van der Waals surface area contributed by atoms with Gasteiger partial charge in [-0.2, -0.15) is 4.31 Å². The molecule has 4 rings (SSSR count). The molecule has 0 aliphatic carbocycles. The molecule has 1 fully saturated rings. The summed E-state index contributed by atoms with van der Waals surface area (Å²) in [7, 11) is -3.77. The molecule has 1 aromatic heterocycles. The fraction of sp³-hybridized carbons (Fsp3) is 0.211. The number of carbonyl (C=O) groups is 1. The van der Waals surface area contributed by atoms with Crippen LogP contribution in [0, 0.1) is 0 Å². The summed E-state index contributed by atoms with van der Waals surface area (Å²) >= 11 is 0. The van der Waals surface area contributed by atoms with Crippen LogP contribution >= 0.6 is 0 Å². The molecule has 140 valence electrons. The van der Waals surface area contributed by atoms with E-state index in [9.17, 15) is 13.2 Å². The molecule has 2 aromatic carbocycles. The van der Waals surface area contributed by atoms with Crippen LogP contribution in [-0.4, -0.2) is 44.9 Å². The predicted octanol–water partition coefficient (Wildman–Crippen LogP) is 2.71. The second-order valence-corrected chi connectivity index (χ2v) is 8.02. The third-order valence-corrected chi connectivity index (χ3v) is 6.15. The van der Waals surface area contributed by atoms with Crippen molar-refractivity contribution in [2.24, 2.45) is 0 Å². The molecule has 1 aliphatic rings. The van der Waals surface area contributed by atoms with Crippen molar-refractivity contribution >= 4 is 32.4 Å². The van der Waals surface area contributed by atoms with E-state index in [0.29, 0.717) is 18.9 Å². The van der Waals surface area contributed by atoms with Crippen molar-refractivity contribution in [1.82, 2.24) is 4.31 Å². The van der Waals surface area contributed by atoms with E-state index in [4.69, 9.17) is 9.15 Å². The van der Waals surface area contributed by atoms with Crippen LogP contribution in [0.25, 0.3) is 10.8 Å². The Balaban J connectivity index is 1.52. The van der Waals surface area contributed by atoms with Gasteiger partial charge >= 0.3 is 0 Å². The highest BCUT2D eigenvalue weighted by Gasteiger charge is 2.30. The number of carbonyl (C=O) groups excluding carboxylic acids is 1. The second-order valence-electron chi connectivity index (χ2n) is 6.15. The molecule has 0 spiro atoms. The minimum Gasteiger partial charge on any atom is -0.438 e. The van der Waals surface area contributed by atoms with Crippen molar-refractivity contribution in [3.05, 3.63) is 60.4 Å². The number of nitrogens with one attached hydrogen (secondary N) is 1. The summed E-state index contributed by atoms with van der Waals surface area (Å²) in [6, 6.07) is 16.0. The first-order chi connectivity index (χ1) is 13.0. The number of morpholine rings is 1. The predicted molar refractivity (Wildman–Crippen MR) is 100 cm³/mol. The number of hydrogen-bond donors (Lipinski definition) is 1. The van der Waals surface area contributed by atoms with E-state index >= 15 is 0 Å². The molecule has 0 unspecified atom stereocenters. The number of sulfonamides is 1. The standard InChI is InChI=1S/C19H18N2O5S/c22-19(20-16-6-5-14-3-1-2-4-15(14)13-16)17-7-8-18(26-17)27(23,24)21-9-11-25-12-10-21/h1-8,13H,9-12H2,(H,20,22). The summed E-state index contributed by atoms with van der Waals surface area (Å²) in [4.78, 5) is 12.4. The van der Waals surface area contributed by atoms with Gasteiger partial charge in [0.2, 0.25) is 5.09 Å². The molecule has 1 aliphatic heterocycles. The monoisotopic (exact) mass is 386 g/mol. The van der Waals surface area contributed by atoms with E-state index in [0.717, 1.165) is 10.8 Å².